The number of carbonyl (C=O) groups is 2. The lowest BCUT2D eigenvalue weighted by Gasteiger charge is -2.34. The van der Waals surface area contributed by atoms with Crippen molar-refractivity contribution in [1.29, 1.82) is 0 Å². The Balaban J connectivity index is 1.92. The number of hydrogen-bond acceptors (Lipinski definition) is 6. The fourth-order valence-electron chi connectivity index (χ4n) is 4.03. The molecule has 0 amide bonds. The molecule has 0 N–H and O–H groups in total. The first kappa shape index (κ1) is 23.3. The fraction of sp³-hybridized carbons (Fsp3) is 0.409. The molecule has 1 aliphatic heterocycles. The number of aldehydes is 1. The zero-order chi connectivity index (χ0) is 22.8. The van der Waals surface area contributed by atoms with Gasteiger partial charge >= 0.3 is 5.51 Å². The van der Waals surface area contributed by atoms with Crippen LogP contribution in [-0.4, -0.2) is 45.7 Å². The number of nitrogens with zero attached hydrogens (tertiary/aromatic N) is 3. The summed E-state index contributed by atoms with van der Waals surface area (Å²) in [7, 11) is 0. The summed E-state index contributed by atoms with van der Waals surface area (Å²) in [5, 5.41) is 0. The van der Waals surface area contributed by atoms with Gasteiger partial charge in [-0.3, -0.25) is 19.5 Å². The average molecular weight is 452 g/mol. The highest BCUT2D eigenvalue weighted by Gasteiger charge is 2.50. The molecule has 3 rings (SSSR count). The van der Waals surface area contributed by atoms with Crippen molar-refractivity contribution < 1.29 is 22.8 Å². The van der Waals surface area contributed by atoms with Crippen molar-refractivity contribution in [2.75, 3.05) is 11.6 Å². The summed E-state index contributed by atoms with van der Waals surface area (Å²) in [6.45, 7) is 6.76. The van der Waals surface area contributed by atoms with Crippen molar-refractivity contribution in [3.05, 3.63) is 53.9 Å². The lowest BCUT2D eigenvalue weighted by atomic mass is 9.90. The number of hydrogen-bond donors (Lipinski definition) is 0. The molecular formula is C22H24F3N3O2S. The number of anilines is 1. The van der Waals surface area contributed by atoms with Crippen LogP contribution in [0.2, 0.25) is 0 Å². The van der Waals surface area contributed by atoms with Gasteiger partial charge in [0.15, 0.2) is 6.29 Å². The number of ketones is 1. The summed E-state index contributed by atoms with van der Waals surface area (Å²) >= 11 is -0.188. The molecule has 0 aliphatic carbocycles. The zero-order valence-corrected chi connectivity index (χ0v) is 18.3. The number of thioether (sulfide) groups is 1. The van der Waals surface area contributed by atoms with Crippen LogP contribution in [0.15, 0.2) is 47.6 Å². The standard InChI is InChI=1S/C22H24F3N3O2S/c1-4-15-11-26-10-9-16(15)12-27-14-28(20(19(30)13-29)21(27,2)3)17-5-7-18(8-6-17)31-22(23,24)25/h5-11,13,20H,4,12,14H2,1-3H3. The Morgan fingerprint density at radius 2 is 1.90 bits per heavy atom. The Bertz CT molecular complexity index is 948. The quantitative estimate of drug-likeness (QED) is 0.352. The minimum Gasteiger partial charge on any atom is -0.346 e. The van der Waals surface area contributed by atoms with Crippen LogP contribution in [0.5, 0.6) is 0 Å². The number of benzene rings is 1. The lowest BCUT2D eigenvalue weighted by Crippen LogP contribution is -2.51. The van der Waals surface area contributed by atoms with Gasteiger partial charge in [0.25, 0.3) is 0 Å². The van der Waals surface area contributed by atoms with E-state index in [2.05, 4.69) is 9.88 Å². The van der Waals surface area contributed by atoms with Gasteiger partial charge in [0, 0.05) is 35.1 Å². The van der Waals surface area contributed by atoms with Gasteiger partial charge in [-0.1, -0.05) is 6.92 Å². The number of halogens is 3. The molecule has 5 nitrogen and oxygen atoms in total. The molecular weight excluding hydrogens is 427 g/mol. The van der Waals surface area contributed by atoms with Crippen LogP contribution in [-0.2, 0) is 22.6 Å². The first-order valence-corrected chi connectivity index (χ1v) is 10.7. The number of aryl methyl sites for hydroxylation is 1. The average Bonchev–Trinajstić information content (AvgIpc) is 2.97. The summed E-state index contributed by atoms with van der Waals surface area (Å²) < 4.78 is 37.9. The van der Waals surface area contributed by atoms with Crippen molar-refractivity contribution in [1.82, 2.24) is 9.88 Å². The second kappa shape index (κ2) is 9.00. The largest absolute Gasteiger partial charge is 0.446 e. The van der Waals surface area contributed by atoms with E-state index in [0.717, 1.165) is 17.5 Å². The highest BCUT2D eigenvalue weighted by atomic mass is 32.2. The third-order valence-corrected chi connectivity index (χ3v) is 6.39. The van der Waals surface area contributed by atoms with Crippen LogP contribution in [0.25, 0.3) is 0 Å². The Hall–Kier alpha value is -2.39. The van der Waals surface area contributed by atoms with Crippen molar-refractivity contribution >= 4 is 29.5 Å². The molecule has 0 radical (unpaired) electrons. The van der Waals surface area contributed by atoms with E-state index in [1.807, 2.05) is 33.0 Å². The topological polar surface area (TPSA) is 53.5 Å². The number of alkyl halides is 3. The molecule has 1 atom stereocenters. The maximum atomic E-state index is 12.6. The minimum absolute atomic E-state index is 0.0641. The predicted molar refractivity (Wildman–Crippen MR) is 114 cm³/mol. The number of rotatable bonds is 7. The second-order valence-electron chi connectivity index (χ2n) is 7.93. The van der Waals surface area contributed by atoms with E-state index in [4.69, 9.17) is 0 Å². The Kier molecular flexibility index (Phi) is 6.76. The van der Waals surface area contributed by atoms with E-state index < -0.39 is 22.9 Å². The first-order valence-electron chi connectivity index (χ1n) is 9.85. The SMILES string of the molecule is CCc1cnccc1CN1CN(c2ccc(SC(F)(F)F)cc2)C(C(=O)C=O)C1(C)C. The Morgan fingerprint density at radius 1 is 1.23 bits per heavy atom. The molecule has 0 saturated carbocycles. The highest BCUT2D eigenvalue weighted by molar-refractivity contribution is 8.00. The molecule has 1 aliphatic rings. The van der Waals surface area contributed by atoms with E-state index in [0.29, 0.717) is 25.2 Å². The number of Topliss-reactive ketones (excluding diaryl/α,β-unsaturated/α-hetero) is 1. The van der Waals surface area contributed by atoms with Gasteiger partial charge in [0.1, 0.15) is 6.04 Å². The van der Waals surface area contributed by atoms with Crippen LogP contribution in [0.3, 0.4) is 0 Å². The third-order valence-electron chi connectivity index (χ3n) is 5.65. The van der Waals surface area contributed by atoms with E-state index in [-0.39, 0.29) is 16.7 Å². The van der Waals surface area contributed by atoms with E-state index in [9.17, 15) is 22.8 Å². The summed E-state index contributed by atoms with van der Waals surface area (Å²) in [5.74, 6) is -0.563. The molecule has 1 aromatic heterocycles. The van der Waals surface area contributed by atoms with E-state index >= 15 is 0 Å². The molecule has 166 valence electrons. The number of pyridine rings is 1. The highest BCUT2D eigenvalue weighted by Crippen LogP contribution is 2.40. The minimum atomic E-state index is -4.37. The van der Waals surface area contributed by atoms with Gasteiger partial charge in [-0.05, 0) is 73.5 Å². The van der Waals surface area contributed by atoms with Gasteiger partial charge in [-0.2, -0.15) is 13.2 Å². The van der Waals surface area contributed by atoms with Crippen molar-refractivity contribution in [3.8, 4) is 0 Å². The molecule has 31 heavy (non-hydrogen) atoms. The molecule has 9 heteroatoms. The van der Waals surface area contributed by atoms with E-state index in [1.54, 1.807) is 23.2 Å². The summed E-state index contributed by atoms with van der Waals surface area (Å²) in [4.78, 5) is 32.1. The summed E-state index contributed by atoms with van der Waals surface area (Å²) in [5.41, 5.74) is -2.27. The smallest absolute Gasteiger partial charge is 0.346 e. The summed E-state index contributed by atoms with van der Waals surface area (Å²) in [6, 6.07) is 7.06. The molecule has 2 heterocycles. The van der Waals surface area contributed by atoms with Gasteiger partial charge in [-0.25, -0.2) is 0 Å². The number of carbonyl (C=O) groups excluding carboxylic acids is 2. The van der Waals surface area contributed by atoms with Crippen LogP contribution < -0.4 is 4.90 Å². The maximum absolute atomic E-state index is 12.6. The summed E-state index contributed by atoms with van der Waals surface area (Å²) in [6.07, 6.45) is 4.68. The maximum Gasteiger partial charge on any atom is 0.446 e. The van der Waals surface area contributed by atoms with Gasteiger partial charge in [-0.15, -0.1) is 0 Å². The third kappa shape index (κ3) is 5.10. The molecule has 1 aromatic carbocycles. The fourth-order valence-corrected chi connectivity index (χ4v) is 4.57. The normalized spacial score (nSPS) is 18.9. The van der Waals surface area contributed by atoms with Crippen molar-refractivity contribution in [2.24, 2.45) is 0 Å². The second-order valence-corrected chi connectivity index (χ2v) is 9.06. The zero-order valence-electron chi connectivity index (χ0n) is 17.5. The molecule has 1 saturated heterocycles. The monoisotopic (exact) mass is 451 g/mol. The van der Waals surface area contributed by atoms with Gasteiger partial charge in [0.05, 0.1) is 6.67 Å². The van der Waals surface area contributed by atoms with Crippen molar-refractivity contribution in [2.45, 2.75) is 55.7 Å². The molecule has 0 bridgehead atoms. The van der Waals surface area contributed by atoms with Gasteiger partial charge < -0.3 is 4.90 Å². The van der Waals surface area contributed by atoms with E-state index in [1.165, 1.54) is 12.1 Å². The molecule has 1 fully saturated rings. The first-order chi connectivity index (χ1) is 14.6. The van der Waals surface area contributed by atoms with Crippen LogP contribution in [0.4, 0.5) is 18.9 Å². The Labute approximate surface area is 183 Å². The van der Waals surface area contributed by atoms with Gasteiger partial charge in [0.2, 0.25) is 5.78 Å². The number of aromatic nitrogens is 1. The van der Waals surface area contributed by atoms with Crippen LogP contribution >= 0.6 is 11.8 Å². The van der Waals surface area contributed by atoms with Crippen molar-refractivity contribution in [3.63, 3.8) is 0 Å². The van der Waals surface area contributed by atoms with Crippen LogP contribution in [0.1, 0.15) is 31.9 Å². The molecule has 0 spiro atoms. The Morgan fingerprint density at radius 3 is 2.48 bits per heavy atom. The van der Waals surface area contributed by atoms with Crippen LogP contribution in [0, 0.1) is 0 Å². The molecule has 1 unspecified atom stereocenters. The molecule has 2 aromatic rings. The lowest BCUT2D eigenvalue weighted by molar-refractivity contribution is -0.131. The predicted octanol–water partition coefficient (Wildman–Crippen LogP) is 4.45.